The Hall–Kier alpha value is -1.47. The van der Waals surface area contributed by atoms with E-state index in [1.807, 2.05) is 5.38 Å². The molecule has 4 heteroatoms. The van der Waals surface area contributed by atoms with E-state index in [1.54, 1.807) is 6.34 Å². The SMILES string of the molecule is C#C[s+]1cc(N)c2c1CN=CN2. The van der Waals surface area contributed by atoms with Gasteiger partial charge in [-0.05, 0) is 0 Å². The number of thiophene rings is 1. The highest BCUT2D eigenvalue weighted by molar-refractivity contribution is 7.37. The molecule has 0 radical (unpaired) electrons. The summed E-state index contributed by atoms with van der Waals surface area (Å²) in [5.41, 5.74) is 7.46. The second kappa shape index (κ2) is 2.54. The minimum Gasteiger partial charge on any atom is -0.393 e. The predicted molar refractivity (Wildman–Crippen MR) is 53.4 cm³/mol. The van der Waals surface area contributed by atoms with Crippen LogP contribution in [0.1, 0.15) is 4.88 Å². The van der Waals surface area contributed by atoms with E-state index in [2.05, 4.69) is 15.6 Å². The Bertz CT molecular complexity index is 384. The van der Waals surface area contributed by atoms with E-state index in [1.165, 1.54) is 0 Å². The molecule has 1 aliphatic rings. The molecule has 1 aromatic rings. The highest BCUT2D eigenvalue weighted by Crippen LogP contribution is 2.39. The molecular formula is C8H8N3S+. The molecule has 0 bridgehead atoms. The summed E-state index contributed by atoms with van der Waals surface area (Å²) in [5.74, 6) is 0. The fraction of sp³-hybridized carbons (Fsp3) is 0.125. The minimum absolute atomic E-state index is 0.237. The van der Waals surface area contributed by atoms with E-state index >= 15 is 0 Å². The van der Waals surface area contributed by atoms with Crippen LogP contribution in [-0.4, -0.2) is 6.34 Å². The predicted octanol–water partition coefficient (Wildman–Crippen LogP) is 1.41. The molecule has 3 N–H and O–H groups in total. The first kappa shape index (κ1) is 7.19. The molecule has 0 saturated heterocycles. The van der Waals surface area contributed by atoms with Gasteiger partial charge in [-0.2, -0.15) is 0 Å². The average molecular weight is 178 g/mol. The number of nitrogens with zero attached hydrogens (tertiary/aromatic N) is 1. The van der Waals surface area contributed by atoms with Gasteiger partial charge in [0.25, 0.3) is 0 Å². The number of nitrogen functional groups attached to an aromatic ring is 1. The summed E-state index contributed by atoms with van der Waals surface area (Å²) in [6.45, 7) is 0.673. The summed E-state index contributed by atoms with van der Waals surface area (Å²) in [4.78, 5) is 5.22. The number of terminal acetylenes is 1. The van der Waals surface area contributed by atoms with Crippen LogP contribution in [0.4, 0.5) is 11.4 Å². The third kappa shape index (κ3) is 0.874. The topological polar surface area (TPSA) is 50.4 Å². The fourth-order valence-corrected chi connectivity index (χ4v) is 2.52. The van der Waals surface area contributed by atoms with Gasteiger partial charge in [0.05, 0.1) is 16.8 Å². The lowest BCUT2D eigenvalue weighted by Crippen LogP contribution is -2.04. The van der Waals surface area contributed by atoms with E-state index in [9.17, 15) is 0 Å². The van der Waals surface area contributed by atoms with Gasteiger partial charge in [-0.1, -0.05) is 6.42 Å². The molecule has 0 fully saturated rings. The summed E-state index contributed by atoms with van der Waals surface area (Å²) >= 11 is 0. The Kier molecular flexibility index (Phi) is 1.52. The maximum atomic E-state index is 5.75. The number of rotatable bonds is 0. The van der Waals surface area contributed by atoms with Gasteiger partial charge in [-0.15, -0.1) is 0 Å². The Balaban J connectivity index is 2.60. The van der Waals surface area contributed by atoms with Crippen molar-refractivity contribution in [2.45, 2.75) is 6.54 Å². The lowest BCUT2D eigenvalue weighted by molar-refractivity contribution is 1.10. The molecule has 0 aliphatic carbocycles. The van der Waals surface area contributed by atoms with Crippen LogP contribution in [0.15, 0.2) is 10.4 Å². The van der Waals surface area contributed by atoms with Gasteiger partial charge in [0, 0.05) is 0 Å². The highest BCUT2D eigenvalue weighted by Gasteiger charge is 2.24. The largest absolute Gasteiger partial charge is 0.393 e. The van der Waals surface area contributed by atoms with Crippen molar-refractivity contribution < 1.29 is 0 Å². The number of nitrogens with one attached hydrogen (secondary N) is 1. The Morgan fingerprint density at radius 1 is 1.75 bits per heavy atom. The molecule has 2 rings (SSSR count). The number of fused-ring (bicyclic) bond motifs is 1. The number of aliphatic imine (C=N–C) groups is 1. The number of hydrogen-bond donors (Lipinski definition) is 2. The van der Waals surface area contributed by atoms with Crippen molar-refractivity contribution >= 4 is 28.2 Å². The van der Waals surface area contributed by atoms with Crippen LogP contribution in [0.2, 0.25) is 0 Å². The first-order chi connectivity index (χ1) is 5.83. The van der Waals surface area contributed by atoms with Crippen LogP contribution in [0.5, 0.6) is 0 Å². The van der Waals surface area contributed by atoms with Crippen LogP contribution in [0.3, 0.4) is 0 Å². The molecular weight excluding hydrogens is 170 g/mol. The smallest absolute Gasteiger partial charge is 0.212 e. The first-order valence-corrected chi connectivity index (χ1v) is 4.76. The summed E-state index contributed by atoms with van der Waals surface area (Å²) in [6, 6.07) is 0. The standard InChI is InChI=1S/C8H8N3S/c1-2-12-4-6(9)8-7(12)3-10-5-11-8/h1,4-5H,3,9H2,(H,10,11)/q+1. The normalized spacial score (nSPS) is 14.8. The van der Waals surface area contributed by atoms with Gasteiger partial charge in [0.2, 0.25) is 4.88 Å². The molecule has 1 atom stereocenters. The molecule has 0 spiro atoms. The summed E-state index contributed by atoms with van der Waals surface area (Å²) in [5, 5.41) is 7.60. The molecule has 1 aliphatic heterocycles. The highest BCUT2D eigenvalue weighted by atomic mass is 32.2. The van der Waals surface area contributed by atoms with E-state index < -0.39 is 0 Å². The quantitative estimate of drug-likeness (QED) is 0.466. The lowest BCUT2D eigenvalue weighted by atomic mass is 10.3. The van der Waals surface area contributed by atoms with Crippen molar-refractivity contribution in [1.29, 1.82) is 0 Å². The third-order valence-corrected chi connectivity index (χ3v) is 3.35. The number of anilines is 2. The number of hydrogen-bond acceptors (Lipinski definition) is 3. The molecule has 60 valence electrons. The average Bonchev–Trinajstić information content (AvgIpc) is 2.44. The molecule has 2 heterocycles. The molecule has 0 aromatic carbocycles. The Labute approximate surface area is 73.3 Å². The zero-order chi connectivity index (χ0) is 8.55. The van der Waals surface area contributed by atoms with Crippen molar-refractivity contribution in [3.8, 4) is 11.7 Å². The summed E-state index contributed by atoms with van der Waals surface area (Å²) in [6.07, 6.45) is 7.01. The summed E-state index contributed by atoms with van der Waals surface area (Å²) < 4.78 is 0. The first-order valence-electron chi connectivity index (χ1n) is 3.48. The van der Waals surface area contributed by atoms with Crippen LogP contribution >= 0.6 is 10.5 Å². The van der Waals surface area contributed by atoms with Gasteiger partial charge in [-0.25, -0.2) is 0 Å². The lowest BCUT2D eigenvalue weighted by Gasteiger charge is -2.02. The van der Waals surface area contributed by atoms with E-state index in [-0.39, 0.29) is 10.5 Å². The van der Waals surface area contributed by atoms with Gasteiger partial charge >= 0.3 is 0 Å². The maximum absolute atomic E-state index is 5.75. The molecule has 0 amide bonds. The molecule has 3 nitrogen and oxygen atoms in total. The monoisotopic (exact) mass is 178 g/mol. The van der Waals surface area contributed by atoms with E-state index in [0.29, 0.717) is 6.54 Å². The van der Waals surface area contributed by atoms with Crippen molar-refractivity contribution in [1.82, 2.24) is 0 Å². The van der Waals surface area contributed by atoms with Crippen molar-refractivity contribution in [2.75, 3.05) is 11.1 Å². The second-order valence-electron chi connectivity index (χ2n) is 2.44. The number of nitrogens with two attached hydrogens (primary N) is 1. The van der Waals surface area contributed by atoms with Crippen LogP contribution in [0, 0.1) is 11.7 Å². The second-order valence-corrected chi connectivity index (χ2v) is 4.08. The Morgan fingerprint density at radius 2 is 2.58 bits per heavy atom. The molecule has 1 unspecified atom stereocenters. The van der Waals surface area contributed by atoms with E-state index in [0.717, 1.165) is 16.3 Å². The third-order valence-electron chi connectivity index (χ3n) is 1.74. The fourth-order valence-electron chi connectivity index (χ4n) is 1.18. The van der Waals surface area contributed by atoms with Crippen molar-refractivity contribution in [3.05, 3.63) is 10.3 Å². The minimum atomic E-state index is -0.237. The molecule has 12 heavy (non-hydrogen) atoms. The van der Waals surface area contributed by atoms with Crippen LogP contribution in [0.25, 0.3) is 0 Å². The zero-order valence-corrected chi connectivity index (χ0v) is 7.19. The van der Waals surface area contributed by atoms with Gasteiger partial charge in [-0.3, -0.25) is 4.99 Å². The maximum Gasteiger partial charge on any atom is 0.212 e. The molecule has 1 aromatic heterocycles. The van der Waals surface area contributed by atoms with Crippen LogP contribution in [-0.2, 0) is 6.54 Å². The van der Waals surface area contributed by atoms with E-state index in [4.69, 9.17) is 12.2 Å². The van der Waals surface area contributed by atoms with Gasteiger partial charge in [0.15, 0.2) is 10.6 Å². The van der Waals surface area contributed by atoms with Gasteiger partial charge in [0.1, 0.15) is 17.9 Å². The van der Waals surface area contributed by atoms with Crippen molar-refractivity contribution in [3.63, 3.8) is 0 Å². The van der Waals surface area contributed by atoms with Gasteiger partial charge < -0.3 is 11.1 Å². The zero-order valence-electron chi connectivity index (χ0n) is 6.37. The molecule has 0 saturated carbocycles. The summed E-state index contributed by atoms with van der Waals surface area (Å²) in [7, 11) is -0.237. The van der Waals surface area contributed by atoms with Crippen LogP contribution < -0.4 is 11.1 Å². The Morgan fingerprint density at radius 3 is 3.33 bits per heavy atom. The van der Waals surface area contributed by atoms with Crippen molar-refractivity contribution in [2.24, 2.45) is 4.99 Å².